The number of hydrogen-bond donors (Lipinski definition) is 0. The summed E-state index contributed by atoms with van der Waals surface area (Å²) in [6.45, 7) is 4.12. The molecule has 0 amide bonds. The minimum Gasteiger partial charge on any atom is -0.207 e. The molecule has 0 bridgehead atoms. The number of benzene rings is 1. The smallest absolute Gasteiger partial charge is 0.123 e. The molecule has 0 aliphatic heterocycles. The lowest BCUT2D eigenvalue weighted by atomic mass is 9.97. The maximum atomic E-state index is 13.0. The zero-order valence-corrected chi connectivity index (χ0v) is 11.3. The number of rotatable bonds is 4. The first kappa shape index (κ1) is 13.0. The van der Waals surface area contributed by atoms with E-state index in [4.69, 9.17) is 11.6 Å². The van der Waals surface area contributed by atoms with Gasteiger partial charge in [0.05, 0.1) is 0 Å². The van der Waals surface area contributed by atoms with Crippen LogP contribution in [0.3, 0.4) is 0 Å². The maximum Gasteiger partial charge on any atom is 0.123 e. The second kappa shape index (κ2) is 5.86. The molecule has 1 aromatic carbocycles. The van der Waals surface area contributed by atoms with E-state index < -0.39 is 0 Å². The van der Waals surface area contributed by atoms with Gasteiger partial charge in [-0.1, -0.05) is 22.9 Å². The van der Waals surface area contributed by atoms with Crippen molar-refractivity contribution in [3.8, 4) is 0 Å². The Morgan fingerprint density at radius 2 is 2.07 bits per heavy atom. The molecule has 0 saturated carbocycles. The third-order valence-electron chi connectivity index (χ3n) is 2.30. The van der Waals surface area contributed by atoms with Crippen molar-refractivity contribution in [2.24, 2.45) is 5.92 Å². The van der Waals surface area contributed by atoms with Crippen LogP contribution in [-0.4, -0.2) is 5.38 Å². The highest BCUT2D eigenvalue weighted by Crippen LogP contribution is 2.23. The Morgan fingerprint density at radius 3 is 2.67 bits per heavy atom. The minimum absolute atomic E-state index is 0.173. The van der Waals surface area contributed by atoms with Crippen LogP contribution in [0.5, 0.6) is 0 Å². The molecular weight excluding hydrogens is 278 g/mol. The normalized spacial score (nSPS) is 15.0. The van der Waals surface area contributed by atoms with E-state index in [1.165, 1.54) is 6.07 Å². The first-order valence-corrected chi connectivity index (χ1v) is 6.30. The predicted octanol–water partition coefficient (Wildman–Crippen LogP) is 4.78. The van der Waals surface area contributed by atoms with Gasteiger partial charge in [-0.2, -0.15) is 0 Å². The van der Waals surface area contributed by atoms with E-state index in [1.54, 1.807) is 12.1 Å². The molecule has 0 nitrogen and oxygen atoms in total. The summed E-state index contributed by atoms with van der Waals surface area (Å²) in [6.07, 6.45) is 1.81. The van der Waals surface area contributed by atoms with Gasteiger partial charge < -0.3 is 0 Å². The Bertz CT molecular complexity index is 325. The van der Waals surface area contributed by atoms with Gasteiger partial charge in [-0.15, -0.1) is 11.6 Å². The molecule has 1 aromatic rings. The largest absolute Gasteiger partial charge is 0.207 e. The molecule has 0 aromatic heterocycles. The minimum atomic E-state index is -0.181. The first-order valence-electron chi connectivity index (χ1n) is 5.07. The Kier molecular flexibility index (Phi) is 5.07. The van der Waals surface area contributed by atoms with Gasteiger partial charge in [0, 0.05) is 9.85 Å². The highest BCUT2D eigenvalue weighted by atomic mass is 79.9. The molecule has 3 heteroatoms. The van der Waals surface area contributed by atoms with Crippen LogP contribution in [0.25, 0.3) is 0 Å². The zero-order chi connectivity index (χ0) is 11.4. The molecule has 1 rings (SSSR count). The standard InChI is InChI=1S/C12H15BrClF/c1-8(5-9(2)14)6-10-7-11(15)3-4-12(10)13/h3-4,7-9H,5-6H2,1-2H3. The van der Waals surface area contributed by atoms with Crippen molar-refractivity contribution < 1.29 is 4.39 Å². The van der Waals surface area contributed by atoms with E-state index in [9.17, 15) is 4.39 Å². The molecular formula is C12H15BrClF. The molecule has 0 N–H and O–H groups in total. The van der Waals surface area contributed by atoms with E-state index in [1.807, 2.05) is 6.92 Å². The van der Waals surface area contributed by atoms with Crippen molar-refractivity contribution in [2.45, 2.75) is 32.1 Å². The van der Waals surface area contributed by atoms with Crippen LogP contribution in [0.4, 0.5) is 4.39 Å². The summed E-state index contributed by atoms with van der Waals surface area (Å²) < 4.78 is 14.0. The summed E-state index contributed by atoms with van der Waals surface area (Å²) in [5.74, 6) is 0.287. The van der Waals surface area contributed by atoms with Crippen LogP contribution in [0.2, 0.25) is 0 Å². The van der Waals surface area contributed by atoms with Gasteiger partial charge in [0.2, 0.25) is 0 Å². The molecule has 15 heavy (non-hydrogen) atoms. The van der Waals surface area contributed by atoms with Crippen molar-refractivity contribution in [3.63, 3.8) is 0 Å². The highest BCUT2D eigenvalue weighted by Gasteiger charge is 2.10. The van der Waals surface area contributed by atoms with Gasteiger partial charge in [-0.05, 0) is 49.4 Å². The molecule has 0 aliphatic rings. The molecule has 2 unspecified atom stereocenters. The average molecular weight is 294 g/mol. The van der Waals surface area contributed by atoms with Crippen molar-refractivity contribution in [3.05, 3.63) is 34.1 Å². The molecule has 0 fully saturated rings. The highest BCUT2D eigenvalue weighted by molar-refractivity contribution is 9.10. The second-order valence-corrected chi connectivity index (χ2v) is 5.66. The monoisotopic (exact) mass is 292 g/mol. The summed E-state index contributed by atoms with van der Waals surface area (Å²) >= 11 is 9.35. The Morgan fingerprint density at radius 1 is 1.40 bits per heavy atom. The Balaban J connectivity index is 2.67. The fourth-order valence-corrected chi connectivity index (χ4v) is 2.43. The van der Waals surface area contributed by atoms with Crippen LogP contribution in [0, 0.1) is 11.7 Å². The third-order valence-corrected chi connectivity index (χ3v) is 3.26. The van der Waals surface area contributed by atoms with Gasteiger partial charge >= 0.3 is 0 Å². The molecule has 0 aliphatic carbocycles. The molecule has 84 valence electrons. The molecule has 0 heterocycles. The molecule has 2 atom stereocenters. The van der Waals surface area contributed by atoms with Crippen molar-refractivity contribution in [1.29, 1.82) is 0 Å². The van der Waals surface area contributed by atoms with Gasteiger partial charge in [-0.3, -0.25) is 0 Å². The van der Waals surface area contributed by atoms with E-state index in [2.05, 4.69) is 22.9 Å². The van der Waals surface area contributed by atoms with E-state index >= 15 is 0 Å². The summed E-state index contributed by atoms with van der Waals surface area (Å²) in [4.78, 5) is 0. The van der Waals surface area contributed by atoms with Gasteiger partial charge in [0.15, 0.2) is 0 Å². The fraction of sp³-hybridized carbons (Fsp3) is 0.500. The van der Waals surface area contributed by atoms with Gasteiger partial charge in [-0.25, -0.2) is 4.39 Å². The van der Waals surface area contributed by atoms with Crippen LogP contribution in [0.1, 0.15) is 25.8 Å². The third kappa shape index (κ3) is 4.52. The lowest BCUT2D eigenvalue weighted by molar-refractivity contribution is 0.523. The van der Waals surface area contributed by atoms with Crippen molar-refractivity contribution >= 4 is 27.5 Å². The van der Waals surface area contributed by atoms with Crippen molar-refractivity contribution in [2.75, 3.05) is 0 Å². The lowest BCUT2D eigenvalue weighted by Gasteiger charge is -2.13. The maximum absolute atomic E-state index is 13.0. The molecule has 0 spiro atoms. The summed E-state index contributed by atoms with van der Waals surface area (Å²) in [5.41, 5.74) is 1.01. The second-order valence-electron chi connectivity index (χ2n) is 4.06. The van der Waals surface area contributed by atoms with E-state index in [0.717, 1.165) is 22.9 Å². The van der Waals surface area contributed by atoms with Crippen molar-refractivity contribution in [1.82, 2.24) is 0 Å². The molecule has 0 radical (unpaired) electrons. The summed E-state index contributed by atoms with van der Waals surface area (Å²) in [5, 5.41) is 0.173. The van der Waals surface area contributed by atoms with Crippen LogP contribution in [-0.2, 0) is 6.42 Å². The Hall–Kier alpha value is -0.0800. The van der Waals surface area contributed by atoms with Crippen LogP contribution < -0.4 is 0 Å². The van der Waals surface area contributed by atoms with E-state index in [-0.39, 0.29) is 11.2 Å². The lowest BCUT2D eigenvalue weighted by Crippen LogP contribution is -2.06. The summed E-state index contributed by atoms with van der Waals surface area (Å²) in [7, 11) is 0. The SMILES string of the molecule is CC(Cl)CC(C)Cc1cc(F)ccc1Br. The zero-order valence-electron chi connectivity index (χ0n) is 8.93. The molecule has 0 saturated heterocycles. The van der Waals surface area contributed by atoms with E-state index in [0.29, 0.717) is 5.92 Å². The quantitative estimate of drug-likeness (QED) is 0.701. The summed E-state index contributed by atoms with van der Waals surface area (Å²) in [6, 6.07) is 4.80. The predicted molar refractivity (Wildman–Crippen MR) is 66.9 cm³/mol. The van der Waals surface area contributed by atoms with Crippen LogP contribution in [0.15, 0.2) is 22.7 Å². The number of hydrogen-bond acceptors (Lipinski definition) is 0. The fourth-order valence-electron chi connectivity index (χ4n) is 1.71. The number of halogens is 3. The Labute approximate surface area is 104 Å². The van der Waals surface area contributed by atoms with Gasteiger partial charge in [0.1, 0.15) is 5.82 Å². The van der Waals surface area contributed by atoms with Crippen LogP contribution >= 0.6 is 27.5 Å². The van der Waals surface area contributed by atoms with Gasteiger partial charge in [0.25, 0.3) is 0 Å². The first-order chi connectivity index (χ1) is 6.99. The topological polar surface area (TPSA) is 0 Å². The average Bonchev–Trinajstić information content (AvgIpc) is 2.10. The number of alkyl halides is 1.